The van der Waals surface area contributed by atoms with Gasteiger partial charge in [0.05, 0.1) is 13.2 Å². The Bertz CT molecular complexity index is 413. The number of aliphatic hydroxyl groups excluding tert-OH is 2. The molecule has 21 heavy (non-hydrogen) atoms. The predicted octanol–water partition coefficient (Wildman–Crippen LogP) is 2.26. The summed E-state index contributed by atoms with van der Waals surface area (Å²) in [6.07, 6.45) is 5.29. The van der Waals surface area contributed by atoms with Crippen molar-refractivity contribution in [1.29, 1.82) is 0 Å². The van der Waals surface area contributed by atoms with Crippen LogP contribution in [0.2, 0.25) is 0 Å². The number of hydrogen-bond acceptors (Lipinski definition) is 4. The fourth-order valence-corrected chi connectivity index (χ4v) is 3.11. The third-order valence-corrected chi connectivity index (χ3v) is 4.59. The third kappa shape index (κ3) is 4.43. The SMILES string of the molecule is COc1ccc(C(O)CNCC2(CO)CCCCC2)cc1. The molecule has 1 atom stereocenters. The molecule has 0 radical (unpaired) electrons. The van der Waals surface area contributed by atoms with E-state index < -0.39 is 6.10 Å². The lowest BCUT2D eigenvalue weighted by Gasteiger charge is -2.36. The van der Waals surface area contributed by atoms with Crippen LogP contribution in [0.5, 0.6) is 5.75 Å². The Kier molecular flexibility index (Phi) is 6.03. The molecule has 0 spiro atoms. The van der Waals surface area contributed by atoms with E-state index in [0.29, 0.717) is 6.54 Å². The smallest absolute Gasteiger partial charge is 0.118 e. The van der Waals surface area contributed by atoms with Gasteiger partial charge in [-0.3, -0.25) is 0 Å². The first-order chi connectivity index (χ1) is 10.2. The monoisotopic (exact) mass is 293 g/mol. The molecule has 118 valence electrons. The van der Waals surface area contributed by atoms with E-state index in [2.05, 4.69) is 5.32 Å². The second kappa shape index (κ2) is 7.78. The highest BCUT2D eigenvalue weighted by atomic mass is 16.5. The van der Waals surface area contributed by atoms with Crippen LogP contribution in [0.25, 0.3) is 0 Å². The fourth-order valence-electron chi connectivity index (χ4n) is 3.11. The van der Waals surface area contributed by atoms with Gasteiger partial charge in [-0.25, -0.2) is 0 Å². The van der Waals surface area contributed by atoms with Crippen molar-refractivity contribution in [3.05, 3.63) is 29.8 Å². The van der Waals surface area contributed by atoms with Crippen molar-refractivity contribution < 1.29 is 14.9 Å². The normalized spacial score (nSPS) is 19.2. The number of hydrogen-bond donors (Lipinski definition) is 3. The first-order valence-electron chi connectivity index (χ1n) is 7.83. The van der Waals surface area contributed by atoms with Crippen molar-refractivity contribution in [3.8, 4) is 5.75 Å². The maximum absolute atomic E-state index is 10.2. The number of methoxy groups -OCH3 is 1. The Labute approximate surface area is 127 Å². The van der Waals surface area contributed by atoms with E-state index in [4.69, 9.17) is 4.74 Å². The van der Waals surface area contributed by atoms with E-state index in [1.165, 1.54) is 19.3 Å². The van der Waals surface area contributed by atoms with Gasteiger partial charge in [-0.15, -0.1) is 0 Å². The molecule has 3 N–H and O–H groups in total. The van der Waals surface area contributed by atoms with E-state index in [0.717, 1.165) is 30.7 Å². The molecule has 1 unspecified atom stereocenters. The van der Waals surface area contributed by atoms with Gasteiger partial charge in [0, 0.05) is 25.1 Å². The molecule has 1 saturated carbocycles. The van der Waals surface area contributed by atoms with Crippen LogP contribution in [0.4, 0.5) is 0 Å². The van der Waals surface area contributed by atoms with Crippen LogP contribution < -0.4 is 10.1 Å². The number of rotatable bonds is 7. The van der Waals surface area contributed by atoms with Crippen molar-refractivity contribution in [3.63, 3.8) is 0 Å². The van der Waals surface area contributed by atoms with Crippen LogP contribution in [0.1, 0.15) is 43.8 Å². The van der Waals surface area contributed by atoms with E-state index in [1.807, 2.05) is 24.3 Å². The van der Waals surface area contributed by atoms with Gasteiger partial charge in [-0.05, 0) is 30.5 Å². The Balaban J connectivity index is 1.81. The Morgan fingerprint density at radius 1 is 1.19 bits per heavy atom. The molecule has 0 aliphatic heterocycles. The molecule has 1 aliphatic carbocycles. The topological polar surface area (TPSA) is 61.7 Å². The van der Waals surface area contributed by atoms with Crippen LogP contribution in [0, 0.1) is 5.41 Å². The number of nitrogens with one attached hydrogen (secondary N) is 1. The number of aliphatic hydroxyl groups is 2. The molecule has 4 nitrogen and oxygen atoms in total. The Morgan fingerprint density at radius 3 is 2.43 bits per heavy atom. The van der Waals surface area contributed by atoms with Crippen molar-refractivity contribution >= 4 is 0 Å². The molecule has 0 heterocycles. The minimum atomic E-state index is -0.532. The van der Waals surface area contributed by atoms with E-state index in [-0.39, 0.29) is 12.0 Å². The maximum atomic E-state index is 10.2. The van der Waals surface area contributed by atoms with Crippen molar-refractivity contribution in [2.75, 3.05) is 26.8 Å². The standard InChI is InChI=1S/C17H27NO3/c1-21-15-7-5-14(6-8-15)16(20)11-18-12-17(13-19)9-3-2-4-10-17/h5-8,16,18-20H,2-4,9-13H2,1H3. The van der Waals surface area contributed by atoms with Gasteiger partial charge in [0.15, 0.2) is 0 Å². The summed E-state index contributed by atoms with van der Waals surface area (Å²) in [5, 5.41) is 23.2. The van der Waals surface area contributed by atoms with Crippen LogP contribution in [-0.2, 0) is 0 Å². The quantitative estimate of drug-likeness (QED) is 0.721. The zero-order valence-electron chi connectivity index (χ0n) is 12.8. The summed E-state index contributed by atoms with van der Waals surface area (Å²) in [7, 11) is 1.63. The van der Waals surface area contributed by atoms with E-state index in [9.17, 15) is 10.2 Å². The van der Waals surface area contributed by atoms with Crippen LogP contribution in [0.3, 0.4) is 0 Å². The highest BCUT2D eigenvalue weighted by Gasteiger charge is 2.30. The molecular weight excluding hydrogens is 266 g/mol. The van der Waals surface area contributed by atoms with Crippen molar-refractivity contribution in [1.82, 2.24) is 5.32 Å². The molecule has 4 heteroatoms. The molecule has 1 aliphatic rings. The molecule has 2 rings (SSSR count). The first kappa shape index (κ1) is 16.3. The summed E-state index contributed by atoms with van der Waals surface area (Å²) in [5.74, 6) is 0.792. The zero-order valence-corrected chi connectivity index (χ0v) is 12.8. The maximum Gasteiger partial charge on any atom is 0.118 e. The molecule has 0 saturated heterocycles. The summed E-state index contributed by atoms with van der Waals surface area (Å²) in [6, 6.07) is 7.48. The first-order valence-corrected chi connectivity index (χ1v) is 7.83. The summed E-state index contributed by atoms with van der Waals surface area (Å²) in [6.45, 7) is 1.52. The zero-order chi connectivity index (χ0) is 15.1. The highest BCUT2D eigenvalue weighted by Crippen LogP contribution is 2.35. The second-order valence-corrected chi connectivity index (χ2v) is 6.14. The van der Waals surface area contributed by atoms with Gasteiger partial charge >= 0.3 is 0 Å². The summed E-state index contributed by atoms with van der Waals surface area (Å²) < 4.78 is 5.11. The molecular formula is C17H27NO3. The van der Waals surface area contributed by atoms with Crippen LogP contribution >= 0.6 is 0 Å². The minimum absolute atomic E-state index is 0.0118. The average Bonchev–Trinajstić information content (AvgIpc) is 2.55. The highest BCUT2D eigenvalue weighted by molar-refractivity contribution is 5.28. The summed E-state index contributed by atoms with van der Waals surface area (Å²) in [5.41, 5.74) is 0.891. The molecule has 0 bridgehead atoms. The average molecular weight is 293 g/mol. The lowest BCUT2D eigenvalue weighted by molar-refractivity contribution is 0.0757. The van der Waals surface area contributed by atoms with Crippen LogP contribution in [-0.4, -0.2) is 37.0 Å². The van der Waals surface area contributed by atoms with Gasteiger partial charge in [0.25, 0.3) is 0 Å². The Morgan fingerprint density at radius 2 is 1.86 bits per heavy atom. The van der Waals surface area contributed by atoms with E-state index >= 15 is 0 Å². The van der Waals surface area contributed by atoms with Gasteiger partial charge < -0.3 is 20.3 Å². The van der Waals surface area contributed by atoms with Crippen LogP contribution in [0.15, 0.2) is 24.3 Å². The molecule has 1 fully saturated rings. The molecule has 1 aromatic rings. The van der Waals surface area contributed by atoms with Crippen molar-refractivity contribution in [2.45, 2.75) is 38.2 Å². The lowest BCUT2D eigenvalue weighted by Crippen LogP contribution is -2.40. The number of benzene rings is 1. The number of ether oxygens (including phenoxy) is 1. The second-order valence-electron chi connectivity index (χ2n) is 6.14. The van der Waals surface area contributed by atoms with Crippen molar-refractivity contribution in [2.24, 2.45) is 5.41 Å². The summed E-state index contributed by atoms with van der Waals surface area (Å²) in [4.78, 5) is 0. The lowest BCUT2D eigenvalue weighted by atomic mass is 9.74. The molecule has 1 aromatic carbocycles. The third-order valence-electron chi connectivity index (χ3n) is 4.59. The predicted molar refractivity (Wildman–Crippen MR) is 83.4 cm³/mol. The molecule has 0 amide bonds. The minimum Gasteiger partial charge on any atom is -0.497 e. The largest absolute Gasteiger partial charge is 0.497 e. The fraction of sp³-hybridized carbons (Fsp3) is 0.647. The summed E-state index contributed by atoms with van der Waals surface area (Å²) >= 11 is 0. The molecule has 0 aromatic heterocycles. The van der Waals surface area contributed by atoms with Gasteiger partial charge in [0.2, 0.25) is 0 Å². The van der Waals surface area contributed by atoms with Gasteiger partial charge in [-0.1, -0.05) is 31.4 Å². The Hall–Kier alpha value is -1.10. The van der Waals surface area contributed by atoms with E-state index in [1.54, 1.807) is 7.11 Å². The van der Waals surface area contributed by atoms with Gasteiger partial charge in [0.1, 0.15) is 5.75 Å². The van der Waals surface area contributed by atoms with Gasteiger partial charge in [-0.2, -0.15) is 0 Å².